The second-order valence-corrected chi connectivity index (χ2v) is 3.04. The van der Waals surface area contributed by atoms with Crippen molar-refractivity contribution in [3.63, 3.8) is 0 Å². The Hall–Kier alpha value is -0.980. The predicted octanol–water partition coefficient (Wildman–Crippen LogP) is -0.962. The Labute approximate surface area is 91.5 Å². The minimum Gasteiger partial charge on any atom is -0.368 e. The average Bonchev–Trinajstić information content (AvgIpc) is 2.13. The van der Waals surface area contributed by atoms with Crippen LogP contribution < -0.4 is 16.8 Å². The number of primary amides is 1. The molecule has 0 aliphatic heterocycles. The first-order chi connectivity index (χ1) is 6.49. The Bertz CT molecular complexity index is 280. The summed E-state index contributed by atoms with van der Waals surface area (Å²) in [6, 6.07) is -1.15. The van der Waals surface area contributed by atoms with Crippen LogP contribution in [0.5, 0.6) is 0 Å². The highest BCUT2D eigenvalue weighted by molar-refractivity contribution is 7.80. The van der Waals surface area contributed by atoms with Crippen LogP contribution in [0.4, 0.5) is 0 Å². The zero-order valence-electron chi connectivity index (χ0n) is 7.20. The van der Waals surface area contributed by atoms with Gasteiger partial charge in [0.1, 0.15) is 11.0 Å². The highest BCUT2D eigenvalue weighted by atomic mass is 35.5. The van der Waals surface area contributed by atoms with E-state index in [-0.39, 0.29) is 10.9 Å². The number of halogens is 1. The average molecular weight is 236 g/mol. The van der Waals surface area contributed by atoms with Gasteiger partial charge in [-0.3, -0.25) is 9.59 Å². The first-order valence-corrected chi connectivity index (χ1v) is 4.55. The Balaban J connectivity index is 4.13. The van der Waals surface area contributed by atoms with Gasteiger partial charge in [0.25, 0.3) is 0 Å². The minimum absolute atomic E-state index is 0.110. The van der Waals surface area contributed by atoms with E-state index in [9.17, 15) is 9.59 Å². The Morgan fingerprint density at radius 3 is 2.57 bits per heavy atom. The van der Waals surface area contributed by atoms with Crippen LogP contribution in [0.2, 0.25) is 0 Å². The highest BCUT2D eigenvalue weighted by Crippen LogP contribution is 1.84. The standard InChI is InChI=1S/C7H10ClN3O2S/c8-3-1-2-4(12)11-7(14)5(9)6(10)13/h1-2,5H,3,9H2,(H2,10,13)(H,11,12,14)/b2-1+. The number of hydrogen-bond donors (Lipinski definition) is 3. The van der Waals surface area contributed by atoms with Crippen molar-refractivity contribution in [3.8, 4) is 0 Å². The Morgan fingerprint density at radius 2 is 2.14 bits per heavy atom. The van der Waals surface area contributed by atoms with Crippen LogP contribution in [0.25, 0.3) is 0 Å². The van der Waals surface area contributed by atoms with Gasteiger partial charge in [-0.25, -0.2) is 0 Å². The lowest BCUT2D eigenvalue weighted by Crippen LogP contribution is -2.49. The quantitative estimate of drug-likeness (QED) is 0.332. The van der Waals surface area contributed by atoms with E-state index >= 15 is 0 Å². The molecule has 0 spiro atoms. The van der Waals surface area contributed by atoms with Gasteiger partial charge >= 0.3 is 0 Å². The Kier molecular flexibility index (Phi) is 6.02. The number of alkyl halides is 1. The number of allylic oxidation sites excluding steroid dienone is 1. The maximum Gasteiger partial charge on any atom is 0.248 e. The number of carbonyl (C=O) groups excluding carboxylic acids is 2. The molecule has 0 aliphatic rings. The van der Waals surface area contributed by atoms with Gasteiger partial charge in [-0.05, 0) is 0 Å². The van der Waals surface area contributed by atoms with Gasteiger partial charge in [0.15, 0.2) is 0 Å². The molecule has 1 atom stereocenters. The van der Waals surface area contributed by atoms with E-state index in [4.69, 9.17) is 23.1 Å². The zero-order chi connectivity index (χ0) is 11.1. The van der Waals surface area contributed by atoms with Gasteiger partial charge in [-0.15, -0.1) is 11.6 Å². The molecule has 0 fully saturated rings. The van der Waals surface area contributed by atoms with E-state index in [2.05, 4.69) is 17.5 Å². The summed E-state index contributed by atoms with van der Waals surface area (Å²) < 4.78 is 0. The molecule has 0 saturated heterocycles. The molecule has 0 bridgehead atoms. The molecule has 5 N–H and O–H groups in total. The van der Waals surface area contributed by atoms with Crippen LogP contribution in [0.1, 0.15) is 0 Å². The van der Waals surface area contributed by atoms with Crippen molar-refractivity contribution in [3.05, 3.63) is 12.2 Å². The van der Waals surface area contributed by atoms with E-state index < -0.39 is 17.9 Å². The van der Waals surface area contributed by atoms with Gasteiger partial charge in [-0.1, -0.05) is 18.3 Å². The second kappa shape index (κ2) is 6.47. The molecule has 0 radical (unpaired) electrons. The molecular formula is C7H10ClN3O2S. The first kappa shape index (κ1) is 13.0. The van der Waals surface area contributed by atoms with Crippen LogP contribution >= 0.6 is 23.8 Å². The maximum atomic E-state index is 11.0. The highest BCUT2D eigenvalue weighted by Gasteiger charge is 2.16. The summed E-state index contributed by atoms with van der Waals surface area (Å²) >= 11 is 9.95. The lowest BCUT2D eigenvalue weighted by Gasteiger charge is -2.08. The summed E-state index contributed by atoms with van der Waals surface area (Å²) in [6.45, 7) is 0. The molecule has 0 saturated carbocycles. The normalized spacial score (nSPS) is 12.4. The number of nitrogens with two attached hydrogens (primary N) is 2. The van der Waals surface area contributed by atoms with E-state index in [1.165, 1.54) is 12.2 Å². The third-order valence-corrected chi connectivity index (χ3v) is 1.73. The first-order valence-electron chi connectivity index (χ1n) is 3.61. The molecule has 78 valence electrons. The van der Waals surface area contributed by atoms with E-state index in [0.29, 0.717) is 0 Å². The SMILES string of the molecule is NC(=O)C(N)C(=S)NC(=O)/C=C/CCl. The van der Waals surface area contributed by atoms with Crippen molar-refractivity contribution < 1.29 is 9.59 Å². The van der Waals surface area contributed by atoms with Gasteiger partial charge in [-0.2, -0.15) is 0 Å². The molecule has 0 heterocycles. The number of thiocarbonyl (C=S) groups is 1. The summed E-state index contributed by atoms with van der Waals surface area (Å²) in [5.74, 6) is -1.08. The van der Waals surface area contributed by atoms with Crippen molar-refractivity contribution in [2.75, 3.05) is 5.88 Å². The van der Waals surface area contributed by atoms with Crippen LogP contribution in [-0.4, -0.2) is 28.7 Å². The van der Waals surface area contributed by atoms with Crippen molar-refractivity contribution in [2.45, 2.75) is 6.04 Å². The number of amides is 2. The second-order valence-electron chi connectivity index (χ2n) is 2.29. The largest absolute Gasteiger partial charge is 0.368 e. The molecule has 0 rings (SSSR count). The molecule has 5 nitrogen and oxygen atoms in total. The van der Waals surface area contributed by atoms with Gasteiger partial charge in [0, 0.05) is 12.0 Å². The Morgan fingerprint density at radius 1 is 1.57 bits per heavy atom. The van der Waals surface area contributed by atoms with Crippen LogP contribution in [0, 0.1) is 0 Å². The van der Waals surface area contributed by atoms with Crippen LogP contribution in [-0.2, 0) is 9.59 Å². The van der Waals surface area contributed by atoms with E-state index in [1.807, 2.05) is 0 Å². The van der Waals surface area contributed by atoms with Crippen molar-refractivity contribution in [1.29, 1.82) is 0 Å². The molecule has 0 aromatic heterocycles. The van der Waals surface area contributed by atoms with Crippen LogP contribution in [0.15, 0.2) is 12.2 Å². The maximum absolute atomic E-state index is 11.0. The summed E-state index contributed by atoms with van der Waals surface area (Å²) in [4.78, 5) is 21.4. The molecule has 7 heteroatoms. The molecule has 0 aliphatic carbocycles. The minimum atomic E-state index is -1.15. The predicted molar refractivity (Wildman–Crippen MR) is 57.8 cm³/mol. The van der Waals surface area contributed by atoms with E-state index in [0.717, 1.165) is 0 Å². The van der Waals surface area contributed by atoms with E-state index in [1.54, 1.807) is 0 Å². The van der Waals surface area contributed by atoms with Gasteiger partial charge < -0.3 is 16.8 Å². The molecule has 14 heavy (non-hydrogen) atoms. The molecular weight excluding hydrogens is 226 g/mol. The topological polar surface area (TPSA) is 98.2 Å². The molecule has 2 amide bonds. The number of hydrogen-bond acceptors (Lipinski definition) is 4. The van der Waals surface area contributed by atoms with Crippen molar-refractivity contribution in [2.24, 2.45) is 11.5 Å². The zero-order valence-corrected chi connectivity index (χ0v) is 8.77. The lowest BCUT2D eigenvalue weighted by molar-refractivity contribution is -0.117. The summed E-state index contributed by atoms with van der Waals surface area (Å²) in [5, 5.41) is 2.22. The molecule has 1 unspecified atom stereocenters. The summed E-state index contributed by atoms with van der Waals surface area (Å²) in [7, 11) is 0. The summed E-state index contributed by atoms with van der Waals surface area (Å²) in [5.41, 5.74) is 10.1. The fraction of sp³-hybridized carbons (Fsp3) is 0.286. The monoisotopic (exact) mass is 235 g/mol. The summed E-state index contributed by atoms with van der Waals surface area (Å²) in [6.07, 6.45) is 2.61. The number of nitrogens with one attached hydrogen (secondary N) is 1. The number of carbonyl (C=O) groups is 2. The fourth-order valence-corrected chi connectivity index (χ4v) is 0.827. The van der Waals surface area contributed by atoms with Gasteiger partial charge in [0.05, 0.1) is 0 Å². The molecule has 0 aromatic rings. The fourth-order valence-electron chi connectivity index (χ4n) is 0.522. The number of rotatable bonds is 4. The van der Waals surface area contributed by atoms with Crippen molar-refractivity contribution in [1.82, 2.24) is 5.32 Å². The smallest absolute Gasteiger partial charge is 0.248 e. The van der Waals surface area contributed by atoms with Crippen molar-refractivity contribution >= 4 is 40.6 Å². The third-order valence-electron chi connectivity index (χ3n) is 1.19. The van der Waals surface area contributed by atoms with Gasteiger partial charge in [0.2, 0.25) is 11.8 Å². The third kappa shape index (κ3) is 4.90. The molecule has 0 aromatic carbocycles. The lowest BCUT2D eigenvalue weighted by atomic mass is 10.3. The van der Waals surface area contributed by atoms with Crippen LogP contribution in [0.3, 0.4) is 0 Å².